The van der Waals surface area contributed by atoms with Gasteiger partial charge >= 0.3 is 5.97 Å². The minimum absolute atomic E-state index is 0.186. The quantitative estimate of drug-likeness (QED) is 0.364. The molecule has 1 fully saturated rings. The van der Waals surface area contributed by atoms with Gasteiger partial charge in [0.15, 0.2) is 0 Å². The van der Waals surface area contributed by atoms with E-state index in [-0.39, 0.29) is 15.6 Å². The van der Waals surface area contributed by atoms with Crippen LogP contribution in [0.1, 0.15) is 43.5 Å². The summed E-state index contributed by atoms with van der Waals surface area (Å²) in [4.78, 5) is 12.0. The molecule has 0 aliphatic heterocycles. The molecule has 1 aliphatic rings. The molecular weight excluding hydrogens is 331 g/mol. The zero-order valence-electron chi connectivity index (χ0n) is 12.2. The van der Waals surface area contributed by atoms with E-state index in [1.807, 2.05) is 0 Å². The van der Waals surface area contributed by atoms with Crippen molar-refractivity contribution in [3.05, 3.63) is 32.8 Å². The smallest absolute Gasteiger partial charge is 0.339 e. The first kappa shape index (κ1) is 16.9. The molecule has 0 amide bonds. The molecule has 3 unspecified atom stereocenters. The van der Waals surface area contributed by atoms with Gasteiger partial charge in [0.05, 0.1) is 22.2 Å². The highest BCUT2D eigenvalue weighted by Crippen LogP contribution is 2.45. The standard InChI is InChI=1S/C16H19Cl3O2/c1-9(12-6-10(12)2)4-3-5-21-16(20)13-7-11(17)8-14(18)15(13)19/h7-10,12H,3-6H2,1-2H3. The predicted octanol–water partition coefficient (Wildman–Crippen LogP) is 5.88. The third kappa shape index (κ3) is 4.51. The van der Waals surface area contributed by atoms with Crippen molar-refractivity contribution in [2.24, 2.45) is 17.8 Å². The van der Waals surface area contributed by atoms with Gasteiger partial charge in [0.25, 0.3) is 0 Å². The normalized spacial score (nSPS) is 22.0. The van der Waals surface area contributed by atoms with Crippen molar-refractivity contribution in [1.82, 2.24) is 0 Å². The molecule has 21 heavy (non-hydrogen) atoms. The van der Waals surface area contributed by atoms with Crippen molar-refractivity contribution >= 4 is 40.8 Å². The van der Waals surface area contributed by atoms with Gasteiger partial charge in [-0.15, -0.1) is 0 Å². The Morgan fingerprint density at radius 2 is 2.05 bits per heavy atom. The van der Waals surface area contributed by atoms with Crippen LogP contribution in [0.25, 0.3) is 0 Å². The maximum absolute atomic E-state index is 12.0. The Labute approximate surface area is 140 Å². The van der Waals surface area contributed by atoms with Crippen molar-refractivity contribution in [3.8, 4) is 0 Å². The number of carbonyl (C=O) groups excluding carboxylic acids is 1. The molecule has 0 saturated heterocycles. The molecule has 0 bridgehead atoms. The average Bonchev–Trinajstić information content (AvgIpc) is 3.15. The molecule has 0 N–H and O–H groups in total. The molecule has 0 spiro atoms. The second-order valence-corrected chi connectivity index (χ2v) is 7.10. The summed E-state index contributed by atoms with van der Waals surface area (Å²) in [5.41, 5.74) is 0.220. The summed E-state index contributed by atoms with van der Waals surface area (Å²) < 4.78 is 5.26. The van der Waals surface area contributed by atoms with Gasteiger partial charge < -0.3 is 4.74 Å². The molecule has 5 heteroatoms. The van der Waals surface area contributed by atoms with Gasteiger partial charge in [0.1, 0.15) is 0 Å². The van der Waals surface area contributed by atoms with E-state index >= 15 is 0 Å². The van der Waals surface area contributed by atoms with E-state index in [2.05, 4.69) is 13.8 Å². The van der Waals surface area contributed by atoms with Gasteiger partial charge in [-0.05, 0) is 49.1 Å². The number of benzene rings is 1. The van der Waals surface area contributed by atoms with Crippen molar-refractivity contribution in [3.63, 3.8) is 0 Å². The fourth-order valence-corrected chi connectivity index (χ4v) is 3.39. The summed E-state index contributed by atoms with van der Waals surface area (Å²) in [7, 11) is 0. The van der Waals surface area contributed by atoms with Crippen molar-refractivity contribution in [2.75, 3.05) is 6.61 Å². The maximum Gasteiger partial charge on any atom is 0.339 e. The van der Waals surface area contributed by atoms with Crippen LogP contribution in [0.2, 0.25) is 15.1 Å². The molecule has 1 aromatic rings. The highest BCUT2D eigenvalue weighted by molar-refractivity contribution is 6.45. The van der Waals surface area contributed by atoms with Gasteiger partial charge in [-0.3, -0.25) is 0 Å². The lowest BCUT2D eigenvalue weighted by molar-refractivity contribution is 0.0493. The van der Waals surface area contributed by atoms with E-state index in [1.165, 1.54) is 18.6 Å². The first-order valence-corrected chi connectivity index (χ1v) is 8.35. The summed E-state index contributed by atoms with van der Waals surface area (Å²) in [6.45, 7) is 4.94. The number of hydrogen-bond donors (Lipinski definition) is 0. The molecule has 2 nitrogen and oxygen atoms in total. The Kier molecular flexibility index (Phi) is 5.81. The van der Waals surface area contributed by atoms with Crippen LogP contribution in [0, 0.1) is 17.8 Å². The lowest BCUT2D eigenvalue weighted by Gasteiger charge is -2.11. The summed E-state index contributed by atoms with van der Waals surface area (Å²) in [6, 6.07) is 2.98. The van der Waals surface area contributed by atoms with Gasteiger partial charge in [0, 0.05) is 5.02 Å². The third-order valence-corrected chi connectivity index (χ3v) is 5.17. The first-order chi connectivity index (χ1) is 9.90. The van der Waals surface area contributed by atoms with E-state index in [1.54, 1.807) is 0 Å². The van der Waals surface area contributed by atoms with E-state index in [9.17, 15) is 4.79 Å². The SMILES string of the molecule is CC(CCCOC(=O)c1cc(Cl)cc(Cl)c1Cl)C1CC1C. The molecular formula is C16H19Cl3O2. The lowest BCUT2D eigenvalue weighted by atomic mass is 9.99. The van der Waals surface area contributed by atoms with Crippen molar-refractivity contribution < 1.29 is 9.53 Å². The molecule has 1 aromatic carbocycles. The molecule has 0 heterocycles. The number of carbonyl (C=O) groups is 1. The van der Waals surface area contributed by atoms with Crippen LogP contribution in [0.5, 0.6) is 0 Å². The Morgan fingerprint density at radius 3 is 2.67 bits per heavy atom. The van der Waals surface area contributed by atoms with Crippen LogP contribution in [0.15, 0.2) is 12.1 Å². The molecule has 1 saturated carbocycles. The maximum atomic E-state index is 12.0. The van der Waals surface area contributed by atoms with Crippen LogP contribution in [-0.4, -0.2) is 12.6 Å². The van der Waals surface area contributed by atoms with Gasteiger partial charge in [-0.2, -0.15) is 0 Å². The molecule has 1 aliphatic carbocycles. The number of rotatable bonds is 6. The minimum Gasteiger partial charge on any atom is -0.462 e. The first-order valence-electron chi connectivity index (χ1n) is 7.21. The van der Waals surface area contributed by atoms with Gasteiger partial charge in [-0.1, -0.05) is 48.7 Å². The number of hydrogen-bond acceptors (Lipinski definition) is 2. The predicted molar refractivity (Wildman–Crippen MR) is 87.4 cm³/mol. The van der Waals surface area contributed by atoms with E-state index < -0.39 is 5.97 Å². The summed E-state index contributed by atoms with van der Waals surface area (Å²) >= 11 is 17.8. The highest BCUT2D eigenvalue weighted by atomic mass is 35.5. The molecule has 0 radical (unpaired) electrons. The average molecular weight is 350 g/mol. The molecule has 2 rings (SSSR count). The van der Waals surface area contributed by atoms with Crippen molar-refractivity contribution in [1.29, 1.82) is 0 Å². The van der Waals surface area contributed by atoms with Crippen LogP contribution in [-0.2, 0) is 4.74 Å². The van der Waals surface area contributed by atoms with Crippen LogP contribution in [0.3, 0.4) is 0 Å². The lowest BCUT2D eigenvalue weighted by Crippen LogP contribution is -2.09. The Balaban J connectivity index is 1.79. The van der Waals surface area contributed by atoms with E-state index in [0.717, 1.165) is 24.7 Å². The van der Waals surface area contributed by atoms with Crippen LogP contribution in [0.4, 0.5) is 0 Å². The Morgan fingerprint density at radius 1 is 1.38 bits per heavy atom. The Hall–Kier alpha value is -0.440. The second-order valence-electron chi connectivity index (χ2n) is 5.88. The fraction of sp³-hybridized carbons (Fsp3) is 0.562. The number of esters is 1. The third-order valence-electron chi connectivity index (χ3n) is 4.15. The van der Waals surface area contributed by atoms with Crippen molar-refractivity contribution in [2.45, 2.75) is 33.1 Å². The zero-order chi connectivity index (χ0) is 15.6. The number of ether oxygens (including phenoxy) is 1. The Bertz CT molecular complexity index is 530. The van der Waals surface area contributed by atoms with Gasteiger partial charge in [-0.25, -0.2) is 4.79 Å². The monoisotopic (exact) mass is 348 g/mol. The summed E-state index contributed by atoms with van der Waals surface area (Å²) in [5, 5.41) is 0.811. The zero-order valence-corrected chi connectivity index (χ0v) is 14.4. The van der Waals surface area contributed by atoms with Crippen LogP contribution >= 0.6 is 34.8 Å². The minimum atomic E-state index is -0.475. The topological polar surface area (TPSA) is 26.3 Å². The molecule has 3 atom stereocenters. The molecule has 116 valence electrons. The van der Waals surface area contributed by atoms with Crippen LogP contribution < -0.4 is 0 Å². The summed E-state index contributed by atoms with van der Waals surface area (Å²) in [6.07, 6.45) is 3.27. The number of halogens is 3. The van der Waals surface area contributed by atoms with Gasteiger partial charge in [0.2, 0.25) is 0 Å². The fourth-order valence-electron chi connectivity index (χ4n) is 2.71. The second kappa shape index (κ2) is 7.21. The summed E-state index contributed by atoms with van der Waals surface area (Å²) in [5.74, 6) is 1.93. The van der Waals surface area contributed by atoms with E-state index in [4.69, 9.17) is 39.5 Å². The van der Waals surface area contributed by atoms with E-state index in [0.29, 0.717) is 17.5 Å². The largest absolute Gasteiger partial charge is 0.462 e. The molecule has 0 aromatic heterocycles. The highest BCUT2D eigenvalue weighted by Gasteiger charge is 2.36.